The second-order valence-electron chi connectivity index (χ2n) is 3.68. The molecule has 4 heteroatoms. The first kappa shape index (κ1) is 10.4. The SMILES string of the molecule is CNC(C)C(=O)N1CC(F)CC1C. The molecule has 0 aliphatic carbocycles. The van der Waals surface area contributed by atoms with Gasteiger partial charge in [0.2, 0.25) is 5.91 Å². The van der Waals surface area contributed by atoms with Gasteiger partial charge in [-0.3, -0.25) is 4.79 Å². The molecule has 0 radical (unpaired) electrons. The van der Waals surface area contributed by atoms with Crippen molar-refractivity contribution < 1.29 is 9.18 Å². The van der Waals surface area contributed by atoms with Crippen LogP contribution in [0.25, 0.3) is 0 Å². The van der Waals surface area contributed by atoms with Gasteiger partial charge in [-0.1, -0.05) is 0 Å². The van der Waals surface area contributed by atoms with Crippen molar-refractivity contribution in [2.24, 2.45) is 0 Å². The van der Waals surface area contributed by atoms with Crippen LogP contribution < -0.4 is 5.32 Å². The Balaban J connectivity index is 2.57. The van der Waals surface area contributed by atoms with E-state index >= 15 is 0 Å². The molecule has 0 aromatic heterocycles. The Labute approximate surface area is 78.3 Å². The molecule has 0 bridgehead atoms. The fourth-order valence-corrected chi connectivity index (χ4v) is 1.64. The van der Waals surface area contributed by atoms with Crippen molar-refractivity contribution in [3.8, 4) is 0 Å². The summed E-state index contributed by atoms with van der Waals surface area (Å²) >= 11 is 0. The van der Waals surface area contributed by atoms with Crippen molar-refractivity contribution in [3.63, 3.8) is 0 Å². The normalized spacial score (nSPS) is 30.6. The van der Waals surface area contributed by atoms with Crippen LogP contribution in [0.4, 0.5) is 4.39 Å². The average Bonchev–Trinajstić information content (AvgIpc) is 2.42. The molecule has 1 rings (SSSR count). The quantitative estimate of drug-likeness (QED) is 0.686. The second kappa shape index (κ2) is 4.05. The van der Waals surface area contributed by atoms with E-state index < -0.39 is 6.17 Å². The molecule has 1 heterocycles. The molecule has 1 fully saturated rings. The predicted molar refractivity (Wildman–Crippen MR) is 49.2 cm³/mol. The van der Waals surface area contributed by atoms with Gasteiger partial charge in [0, 0.05) is 12.5 Å². The number of hydrogen-bond donors (Lipinski definition) is 1. The number of nitrogens with one attached hydrogen (secondary N) is 1. The highest BCUT2D eigenvalue weighted by molar-refractivity contribution is 5.82. The zero-order valence-corrected chi connectivity index (χ0v) is 8.38. The molecule has 0 aromatic carbocycles. The molecule has 3 unspecified atom stereocenters. The van der Waals surface area contributed by atoms with E-state index in [0.29, 0.717) is 6.42 Å². The molecule has 0 saturated carbocycles. The minimum absolute atomic E-state index is 0.00449. The molecular formula is C9H17FN2O. The first-order valence-corrected chi connectivity index (χ1v) is 4.68. The lowest BCUT2D eigenvalue weighted by molar-refractivity contribution is -0.133. The van der Waals surface area contributed by atoms with E-state index in [0.717, 1.165) is 0 Å². The van der Waals surface area contributed by atoms with Gasteiger partial charge in [-0.25, -0.2) is 4.39 Å². The van der Waals surface area contributed by atoms with Gasteiger partial charge in [0.05, 0.1) is 12.6 Å². The molecule has 3 nitrogen and oxygen atoms in total. The Bertz CT molecular complexity index is 198. The maximum atomic E-state index is 12.9. The maximum absolute atomic E-state index is 12.9. The Morgan fingerprint density at radius 3 is 2.69 bits per heavy atom. The summed E-state index contributed by atoms with van der Waals surface area (Å²) < 4.78 is 12.9. The van der Waals surface area contributed by atoms with Crippen molar-refractivity contribution >= 4 is 5.91 Å². The molecule has 1 aliphatic rings. The van der Waals surface area contributed by atoms with Crippen LogP contribution in [-0.4, -0.2) is 42.7 Å². The minimum Gasteiger partial charge on any atom is -0.336 e. The van der Waals surface area contributed by atoms with Gasteiger partial charge in [-0.15, -0.1) is 0 Å². The number of likely N-dealkylation sites (N-methyl/N-ethyl adjacent to an activating group) is 1. The lowest BCUT2D eigenvalue weighted by Gasteiger charge is -2.24. The smallest absolute Gasteiger partial charge is 0.239 e. The number of carbonyl (C=O) groups excluding carboxylic acids is 1. The Hall–Kier alpha value is -0.640. The summed E-state index contributed by atoms with van der Waals surface area (Å²) in [5, 5.41) is 2.86. The fourth-order valence-electron chi connectivity index (χ4n) is 1.64. The zero-order chi connectivity index (χ0) is 10.0. The van der Waals surface area contributed by atoms with Gasteiger partial charge in [0.1, 0.15) is 6.17 Å². The van der Waals surface area contributed by atoms with E-state index in [1.54, 1.807) is 18.9 Å². The second-order valence-corrected chi connectivity index (χ2v) is 3.68. The lowest BCUT2D eigenvalue weighted by atomic mass is 10.2. The third-order valence-electron chi connectivity index (χ3n) is 2.61. The summed E-state index contributed by atoms with van der Waals surface area (Å²) in [5.41, 5.74) is 0. The van der Waals surface area contributed by atoms with Gasteiger partial charge >= 0.3 is 0 Å². The van der Waals surface area contributed by atoms with Crippen LogP contribution in [0.5, 0.6) is 0 Å². The molecule has 76 valence electrons. The summed E-state index contributed by atoms with van der Waals surface area (Å²) in [5.74, 6) is -0.00449. The van der Waals surface area contributed by atoms with Gasteiger partial charge in [0.15, 0.2) is 0 Å². The highest BCUT2D eigenvalue weighted by Crippen LogP contribution is 2.20. The number of nitrogens with zero attached hydrogens (tertiary/aromatic N) is 1. The lowest BCUT2D eigenvalue weighted by Crippen LogP contribution is -2.45. The number of rotatable bonds is 2. The molecule has 3 atom stereocenters. The van der Waals surface area contributed by atoms with Crippen LogP contribution >= 0.6 is 0 Å². The van der Waals surface area contributed by atoms with Crippen molar-refractivity contribution in [2.45, 2.75) is 38.5 Å². The summed E-state index contributed by atoms with van der Waals surface area (Å²) in [6.07, 6.45) is -0.370. The zero-order valence-electron chi connectivity index (χ0n) is 8.38. The predicted octanol–water partition coefficient (Wildman–Crippen LogP) is 0.553. The first-order valence-electron chi connectivity index (χ1n) is 4.68. The molecule has 0 spiro atoms. The Morgan fingerprint density at radius 1 is 1.69 bits per heavy atom. The van der Waals surface area contributed by atoms with Crippen LogP contribution in [0.15, 0.2) is 0 Å². The number of hydrogen-bond acceptors (Lipinski definition) is 2. The first-order chi connectivity index (χ1) is 6.06. The van der Waals surface area contributed by atoms with Crippen LogP contribution in [0, 0.1) is 0 Å². The van der Waals surface area contributed by atoms with Gasteiger partial charge in [-0.2, -0.15) is 0 Å². The van der Waals surface area contributed by atoms with Gasteiger partial charge < -0.3 is 10.2 Å². The van der Waals surface area contributed by atoms with Crippen LogP contribution in [0.3, 0.4) is 0 Å². The minimum atomic E-state index is -0.844. The highest BCUT2D eigenvalue weighted by Gasteiger charge is 2.33. The van der Waals surface area contributed by atoms with E-state index in [-0.39, 0.29) is 24.5 Å². The summed E-state index contributed by atoms with van der Waals surface area (Å²) in [6.45, 7) is 3.94. The summed E-state index contributed by atoms with van der Waals surface area (Å²) in [6, 6.07) is -0.175. The van der Waals surface area contributed by atoms with Crippen molar-refractivity contribution in [1.82, 2.24) is 10.2 Å². The highest BCUT2D eigenvalue weighted by atomic mass is 19.1. The van der Waals surface area contributed by atoms with E-state index in [4.69, 9.17) is 0 Å². The fraction of sp³-hybridized carbons (Fsp3) is 0.889. The topological polar surface area (TPSA) is 32.3 Å². The van der Waals surface area contributed by atoms with Gasteiger partial charge in [0.25, 0.3) is 0 Å². The maximum Gasteiger partial charge on any atom is 0.239 e. The monoisotopic (exact) mass is 188 g/mol. The Morgan fingerprint density at radius 2 is 2.31 bits per heavy atom. The van der Waals surface area contributed by atoms with Crippen molar-refractivity contribution in [1.29, 1.82) is 0 Å². The van der Waals surface area contributed by atoms with Crippen LogP contribution in [-0.2, 0) is 4.79 Å². The molecule has 13 heavy (non-hydrogen) atoms. The molecule has 1 saturated heterocycles. The number of likely N-dealkylation sites (tertiary alicyclic amines) is 1. The van der Waals surface area contributed by atoms with Crippen molar-refractivity contribution in [2.75, 3.05) is 13.6 Å². The number of amides is 1. The molecule has 0 aromatic rings. The average molecular weight is 188 g/mol. The van der Waals surface area contributed by atoms with E-state index in [2.05, 4.69) is 5.32 Å². The molecule has 1 amide bonds. The molecule has 1 N–H and O–H groups in total. The van der Waals surface area contributed by atoms with E-state index in [9.17, 15) is 9.18 Å². The van der Waals surface area contributed by atoms with Gasteiger partial charge in [-0.05, 0) is 20.9 Å². The number of carbonyl (C=O) groups is 1. The third-order valence-corrected chi connectivity index (χ3v) is 2.61. The Kier molecular flexibility index (Phi) is 3.25. The van der Waals surface area contributed by atoms with E-state index in [1.807, 2.05) is 6.92 Å². The van der Waals surface area contributed by atoms with E-state index in [1.165, 1.54) is 0 Å². The van der Waals surface area contributed by atoms with Crippen LogP contribution in [0.2, 0.25) is 0 Å². The van der Waals surface area contributed by atoms with Crippen LogP contribution in [0.1, 0.15) is 20.3 Å². The third kappa shape index (κ3) is 2.18. The van der Waals surface area contributed by atoms with Crippen molar-refractivity contribution in [3.05, 3.63) is 0 Å². The molecule has 1 aliphatic heterocycles. The summed E-state index contributed by atoms with van der Waals surface area (Å²) in [4.78, 5) is 13.2. The largest absolute Gasteiger partial charge is 0.336 e. The number of halogens is 1. The molecular weight excluding hydrogens is 171 g/mol. The summed E-state index contributed by atoms with van der Waals surface area (Å²) in [7, 11) is 1.73. The standard InChI is InChI=1S/C9H17FN2O/c1-6-4-8(10)5-12(6)9(13)7(2)11-3/h6-8,11H,4-5H2,1-3H3. The number of alkyl halides is 1.